The Hall–Kier alpha value is -8.76. The molecule has 2 aromatic heterocycles. The average Bonchev–Trinajstić information content (AvgIpc) is 1.82. The van der Waals surface area contributed by atoms with Gasteiger partial charge in [0.2, 0.25) is 0 Å². The van der Waals surface area contributed by atoms with Crippen molar-refractivity contribution in [2.24, 2.45) is 0 Å². The molecule has 1 aliphatic heterocycles. The van der Waals surface area contributed by atoms with E-state index in [-0.39, 0.29) is 37.3 Å². The molecule has 0 atom stereocenters. The number of ether oxygens (including phenoxy) is 1. The number of nitrogens with zero attached hydrogens (tertiary/aromatic N) is 4. The Labute approximate surface area is 515 Å². The second-order valence-corrected chi connectivity index (χ2v) is 25.7. The third kappa shape index (κ3) is 9.49. The number of aromatic nitrogens is 2. The van der Waals surface area contributed by atoms with Gasteiger partial charge in [-0.2, -0.15) is 6.07 Å². The summed E-state index contributed by atoms with van der Waals surface area (Å²) < 4.78 is 9.66. The molecular formula is C79H67N4OPt-3. The quantitative estimate of drug-likeness (QED) is 0.135. The molecule has 0 fully saturated rings. The molecule has 3 heterocycles. The molecule has 5 nitrogen and oxygen atoms in total. The van der Waals surface area contributed by atoms with E-state index in [1.807, 2.05) is 6.20 Å². The van der Waals surface area contributed by atoms with E-state index in [4.69, 9.17) is 9.72 Å². The first kappa shape index (κ1) is 55.4. The SMILES string of the molecule is CC(C)(C)c1ccnc(-n2c3[c-]c(Oc4[c-]c(N5[CH-]N(c6c(-c7ccccc7)cc(C(C)(C)C)cc6-c6ccccc6)c6ccccc65)cc(C5(c6ccccc6)c6ccccc6-c6ccccc65)c4)ccc3c3ccc(C(C)(C)C)cc32)c1.[Pt]. The van der Waals surface area contributed by atoms with Crippen molar-refractivity contribution in [1.29, 1.82) is 0 Å². The van der Waals surface area contributed by atoms with Crippen LogP contribution in [0.25, 0.3) is 61.0 Å². The number of benzene rings is 10. The van der Waals surface area contributed by atoms with E-state index in [9.17, 15) is 0 Å². The van der Waals surface area contributed by atoms with Gasteiger partial charge in [0.05, 0.1) is 0 Å². The maximum absolute atomic E-state index is 7.39. The number of pyridine rings is 1. The Bertz CT molecular complexity index is 4400. The zero-order valence-corrected chi connectivity index (χ0v) is 51.9. The maximum Gasteiger partial charge on any atom is 0.135 e. The van der Waals surface area contributed by atoms with Crippen LogP contribution in [0.4, 0.5) is 22.7 Å². The molecular weight excluding hydrogens is 1220 g/mol. The second-order valence-electron chi connectivity index (χ2n) is 25.7. The Balaban J connectivity index is 0.00000672. The van der Waals surface area contributed by atoms with Crippen molar-refractivity contribution in [3.8, 4) is 50.7 Å². The fraction of sp³-hybridized carbons (Fsp3) is 0.165. The van der Waals surface area contributed by atoms with Gasteiger partial charge in [-0.1, -0.05) is 232 Å². The normalized spacial score (nSPS) is 13.6. The van der Waals surface area contributed by atoms with E-state index in [1.165, 1.54) is 38.9 Å². The van der Waals surface area contributed by atoms with Crippen LogP contribution in [0.5, 0.6) is 11.5 Å². The van der Waals surface area contributed by atoms with Gasteiger partial charge < -0.3 is 19.1 Å². The van der Waals surface area contributed by atoms with Crippen molar-refractivity contribution in [3.63, 3.8) is 0 Å². The molecule has 0 amide bonds. The number of hydrogen-bond donors (Lipinski definition) is 0. The minimum Gasteiger partial charge on any atom is -0.509 e. The van der Waals surface area contributed by atoms with E-state index < -0.39 is 5.41 Å². The average molecular weight is 1280 g/mol. The van der Waals surface area contributed by atoms with E-state index >= 15 is 0 Å². The summed E-state index contributed by atoms with van der Waals surface area (Å²) in [5, 5.41) is 2.21. The van der Waals surface area contributed by atoms with Crippen molar-refractivity contribution >= 4 is 44.6 Å². The Morgan fingerprint density at radius 3 is 1.56 bits per heavy atom. The Kier molecular flexibility index (Phi) is 13.7. The zero-order valence-electron chi connectivity index (χ0n) is 49.6. The summed E-state index contributed by atoms with van der Waals surface area (Å²) in [7, 11) is 0. The molecule has 0 bridgehead atoms. The monoisotopic (exact) mass is 1280 g/mol. The van der Waals surface area contributed by atoms with Gasteiger partial charge in [0.25, 0.3) is 0 Å². The molecule has 0 saturated heterocycles. The molecule has 0 unspecified atom stereocenters. The van der Waals surface area contributed by atoms with Crippen LogP contribution in [-0.2, 0) is 42.7 Å². The smallest absolute Gasteiger partial charge is 0.135 e. The molecule has 85 heavy (non-hydrogen) atoms. The summed E-state index contributed by atoms with van der Waals surface area (Å²) in [5.74, 6) is 1.98. The summed E-state index contributed by atoms with van der Waals surface area (Å²) in [6.45, 7) is 22.7. The van der Waals surface area contributed by atoms with Crippen LogP contribution in [0, 0.1) is 18.8 Å². The number of hydrogen-bond acceptors (Lipinski definition) is 4. The predicted octanol–water partition coefficient (Wildman–Crippen LogP) is 20.6. The van der Waals surface area contributed by atoms with Crippen molar-refractivity contribution < 1.29 is 25.8 Å². The molecule has 1 aliphatic carbocycles. The molecule has 422 valence electrons. The van der Waals surface area contributed by atoms with Gasteiger partial charge in [-0.25, -0.2) is 4.98 Å². The van der Waals surface area contributed by atoms with Gasteiger partial charge in [-0.3, -0.25) is 0 Å². The van der Waals surface area contributed by atoms with Crippen LogP contribution in [0.3, 0.4) is 0 Å². The van der Waals surface area contributed by atoms with E-state index in [0.717, 1.165) is 83.8 Å². The van der Waals surface area contributed by atoms with Gasteiger partial charge in [-0.15, -0.1) is 53.6 Å². The first-order valence-corrected chi connectivity index (χ1v) is 29.3. The minimum atomic E-state index is -0.742. The number of rotatable bonds is 9. The number of para-hydroxylation sites is 2. The first-order valence-electron chi connectivity index (χ1n) is 29.3. The predicted molar refractivity (Wildman–Crippen MR) is 349 cm³/mol. The molecule has 0 radical (unpaired) electrons. The Morgan fingerprint density at radius 1 is 0.435 bits per heavy atom. The van der Waals surface area contributed by atoms with Crippen molar-refractivity contribution in [3.05, 3.63) is 294 Å². The fourth-order valence-electron chi connectivity index (χ4n) is 12.9. The van der Waals surface area contributed by atoms with Gasteiger partial charge in [0, 0.05) is 77.9 Å². The summed E-state index contributed by atoms with van der Waals surface area (Å²) >= 11 is 0. The van der Waals surface area contributed by atoms with Crippen LogP contribution in [0.2, 0.25) is 0 Å². The molecule has 2 aliphatic rings. The molecule has 10 aromatic carbocycles. The molecule has 14 rings (SSSR count). The largest absolute Gasteiger partial charge is 0.509 e. The van der Waals surface area contributed by atoms with Gasteiger partial charge >= 0.3 is 0 Å². The second kappa shape index (κ2) is 21.1. The van der Waals surface area contributed by atoms with E-state index in [0.29, 0.717) is 11.5 Å². The van der Waals surface area contributed by atoms with Crippen molar-refractivity contribution in [2.45, 2.75) is 84.0 Å². The topological polar surface area (TPSA) is 33.5 Å². The Morgan fingerprint density at radius 2 is 0.965 bits per heavy atom. The standard InChI is InChI=1S/C79H67N4O.Pt/c1-76(2,3)55-37-39-64-65-40-38-60(50-73(65)83(72(64)47-55)74-48-56(41-42-80-74)77(4,5)6)84-61-44-58(79(54-29-17-12-18-30-54)68-33-21-19-31-62(68)63-32-20-22-34-69(63)79)43-59(49-61)81-51-82(71-36-24-23-35-70(71)81)75-66(52-25-13-10-14-26-52)45-57(78(7,8)9)46-67(75)53-27-15-11-16-28-53;/h10-48,51H,1-9H3;/q-3;. The van der Waals surface area contributed by atoms with Crippen LogP contribution in [0.15, 0.2) is 237 Å². The third-order valence-corrected chi connectivity index (χ3v) is 17.3. The molecule has 6 heteroatoms. The zero-order chi connectivity index (χ0) is 57.7. The summed E-state index contributed by atoms with van der Waals surface area (Å²) in [6, 6.07) is 91.9. The van der Waals surface area contributed by atoms with Crippen molar-refractivity contribution in [1.82, 2.24) is 9.55 Å². The van der Waals surface area contributed by atoms with Gasteiger partial charge in [-0.05, 0) is 120 Å². The summed E-state index contributed by atoms with van der Waals surface area (Å²) in [5.41, 5.74) is 20.3. The van der Waals surface area contributed by atoms with Crippen LogP contribution in [-0.4, -0.2) is 9.55 Å². The number of anilines is 4. The summed E-state index contributed by atoms with van der Waals surface area (Å²) in [6.07, 6.45) is 1.94. The first-order chi connectivity index (χ1) is 40.5. The van der Waals surface area contributed by atoms with Crippen LogP contribution >= 0.6 is 0 Å². The maximum atomic E-state index is 7.39. The minimum absolute atomic E-state index is 0. The van der Waals surface area contributed by atoms with Gasteiger partial charge in [0.15, 0.2) is 0 Å². The van der Waals surface area contributed by atoms with Gasteiger partial charge in [0.1, 0.15) is 5.82 Å². The van der Waals surface area contributed by atoms with E-state index in [1.54, 1.807) is 0 Å². The van der Waals surface area contributed by atoms with Crippen molar-refractivity contribution in [2.75, 3.05) is 9.80 Å². The molecule has 0 spiro atoms. The number of fused-ring (bicyclic) bond motifs is 7. The fourth-order valence-corrected chi connectivity index (χ4v) is 12.9. The van der Waals surface area contributed by atoms with Crippen LogP contribution in [0.1, 0.15) is 101 Å². The third-order valence-electron chi connectivity index (χ3n) is 17.3. The van der Waals surface area contributed by atoms with E-state index in [2.05, 4.69) is 326 Å². The van der Waals surface area contributed by atoms with Crippen LogP contribution < -0.4 is 14.5 Å². The molecule has 0 N–H and O–H groups in total. The molecule has 12 aromatic rings. The molecule has 0 saturated carbocycles. The summed E-state index contributed by atoms with van der Waals surface area (Å²) in [4.78, 5) is 9.78.